The van der Waals surface area contributed by atoms with Crippen molar-refractivity contribution in [1.29, 1.82) is 0 Å². The van der Waals surface area contributed by atoms with Gasteiger partial charge in [-0.3, -0.25) is 0 Å². The largest absolute Gasteiger partial charge is 0.344 e. The fraction of sp³-hybridized carbons (Fsp3) is 0.0312. The molecule has 10 aromatic carbocycles. The lowest BCUT2D eigenvalue weighted by Crippen LogP contribution is -2.15. The minimum Gasteiger partial charge on any atom is -0.344 e. The summed E-state index contributed by atoms with van der Waals surface area (Å²) >= 11 is 0. The number of anilines is 2. The van der Waals surface area contributed by atoms with Crippen LogP contribution in [0.2, 0.25) is 0 Å². The first kappa shape index (κ1) is 38.4. The first-order valence-electron chi connectivity index (χ1n) is 22.6. The molecule has 0 fully saturated rings. The lowest BCUT2D eigenvalue weighted by Gasteiger charge is -2.31. The second-order valence-corrected chi connectivity index (χ2v) is 17.2. The van der Waals surface area contributed by atoms with Crippen molar-refractivity contribution in [3.8, 4) is 22.3 Å². The Kier molecular flexibility index (Phi) is 9.35. The van der Waals surface area contributed by atoms with E-state index in [1.807, 2.05) is 0 Å². The van der Waals surface area contributed by atoms with Gasteiger partial charge in [0.2, 0.25) is 0 Å². The zero-order valence-electron chi connectivity index (χ0n) is 36.5. The monoisotopic (exact) mass is 827 g/mol. The molecule has 0 radical (unpaired) electrons. The van der Waals surface area contributed by atoms with Crippen LogP contribution in [0.4, 0.5) is 11.4 Å². The molecule has 10 aromatic rings. The minimum absolute atomic E-state index is 1.13. The lowest BCUT2D eigenvalue weighted by atomic mass is 9.79. The summed E-state index contributed by atoms with van der Waals surface area (Å²) in [6, 6.07) is 86.9. The van der Waals surface area contributed by atoms with Crippen molar-refractivity contribution in [2.75, 3.05) is 11.9 Å². The van der Waals surface area contributed by atoms with Gasteiger partial charge in [-0.25, -0.2) is 0 Å². The predicted molar refractivity (Wildman–Crippen MR) is 277 cm³/mol. The van der Waals surface area contributed by atoms with E-state index in [0.29, 0.717) is 0 Å². The van der Waals surface area contributed by atoms with Gasteiger partial charge < -0.3 is 4.90 Å². The third-order valence-corrected chi connectivity index (χ3v) is 13.5. The second kappa shape index (κ2) is 15.8. The molecule has 306 valence electrons. The van der Waals surface area contributed by atoms with Gasteiger partial charge in [0.05, 0.1) is 5.69 Å². The summed E-state index contributed by atoms with van der Waals surface area (Å²) in [7, 11) is 2.27. The lowest BCUT2D eigenvalue weighted by molar-refractivity contribution is 1.20. The molecule has 2 aliphatic rings. The molecule has 0 saturated heterocycles. The van der Waals surface area contributed by atoms with Crippen molar-refractivity contribution in [1.82, 2.24) is 0 Å². The molecular formula is C64H45N. The molecule has 0 saturated carbocycles. The van der Waals surface area contributed by atoms with E-state index in [9.17, 15) is 0 Å². The third kappa shape index (κ3) is 6.23. The molecule has 65 heavy (non-hydrogen) atoms. The van der Waals surface area contributed by atoms with Crippen LogP contribution in [0.3, 0.4) is 0 Å². The summed E-state index contributed by atoms with van der Waals surface area (Å²) in [6.45, 7) is 2.39. The average Bonchev–Trinajstić information content (AvgIpc) is 3.90. The molecular weight excluding hydrogens is 783 g/mol. The smallest absolute Gasteiger partial charge is 0.0580 e. The maximum absolute atomic E-state index is 2.46. The highest BCUT2D eigenvalue weighted by atomic mass is 15.1. The SMILES string of the molecule is Cc1c2c(c(N(C)c3ccccc3)c(-c3ccccc3)c1-c1ccccc1)C(c1ccc3ccccc3c1)=C1C(c3ccccc3)=C(c3ccccc3)C(c3cccc4ccccc34)=C12. The highest BCUT2D eigenvalue weighted by Gasteiger charge is 2.44. The molecule has 1 heteroatoms. The average molecular weight is 828 g/mol. The van der Waals surface area contributed by atoms with Gasteiger partial charge >= 0.3 is 0 Å². The Morgan fingerprint density at radius 2 is 0.785 bits per heavy atom. The first-order chi connectivity index (χ1) is 32.2. The maximum atomic E-state index is 2.46. The third-order valence-electron chi connectivity index (χ3n) is 13.5. The zero-order chi connectivity index (χ0) is 43.4. The second-order valence-electron chi connectivity index (χ2n) is 17.2. The highest BCUT2D eigenvalue weighted by Crippen LogP contribution is 2.66. The Labute approximate surface area is 381 Å². The molecule has 0 aromatic heterocycles. The first-order valence-corrected chi connectivity index (χ1v) is 22.6. The van der Waals surface area contributed by atoms with Crippen molar-refractivity contribution in [2.45, 2.75) is 6.92 Å². The molecule has 0 atom stereocenters. The molecule has 0 heterocycles. The van der Waals surface area contributed by atoms with E-state index in [0.717, 1.165) is 5.69 Å². The van der Waals surface area contributed by atoms with Crippen molar-refractivity contribution in [2.24, 2.45) is 0 Å². The topological polar surface area (TPSA) is 3.24 Å². The number of allylic oxidation sites excluding steroid dienone is 5. The highest BCUT2D eigenvalue weighted by molar-refractivity contribution is 6.41. The number of hydrogen-bond acceptors (Lipinski definition) is 1. The Balaban J connectivity index is 1.37. The molecule has 12 rings (SSSR count). The standard InChI is InChI=1S/C64H45N/c1-42-54(45-25-8-3-9-26-45)59(48-31-14-6-15-32-48)64(65(2)51-35-16-7-17-36-51)63-55(42)61-60(53-38-22-34-44-24-20-21-37-52(44)53)56(46-27-10-4-11-28-46)57(47-29-12-5-13-30-47)62(61)58(63)50-40-39-43-23-18-19-33-49(43)41-50/h3-41H,1-2H3. The van der Waals surface area contributed by atoms with Crippen LogP contribution in [0.5, 0.6) is 0 Å². The molecule has 0 amide bonds. The Morgan fingerprint density at radius 1 is 0.292 bits per heavy atom. The van der Waals surface area contributed by atoms with E-state index in [1.54, 1.807) is 0 Å². The summed E-state index contributed by atoms with van der Waals surface area (Å²) in [5.41, 5.74) is 23.4. The van der Waals surface area contributed by atoms with Crippen molar-refractivity contribution >= 4 is 60.8 Å². The molecule has 0 spiro atoms. The molecule has 1 nitrogen and oxygen atoms in total. The number of benzene rings is 10. The van der Waals surface area contributed by atoms with E-state index in [-0.39, 0.29) is 0 Å². The van der Waals surface area contributed by atoms with Crippen molar-refractivity contribution < 1.29 is 0 Å². The molecule has 0 unspecified atom stereocenters. The van der Waals surface area contributed by atoms with Gasteiger partial charge in [-0.2, -0.15) is 0 Å². The van der Waals surface area contributed by atoms with Crippen LogP contribution < -0.4 is 4.90 Å². The summed E-state index contributed by atoms with van der Waals surface area (Å²) in [4.78, 5) is 2.46. The fourth-order valence-corrected chi connectivity index (χ4v) is 10.8. The van der Waals surface area contributed by atoms with E-state index in [4.69, 9.17) is 0 Å². The van der Waals surface area contributed by atoms with Crippen LogP contribution in [0.1, 0.15) is 38.9 Å². The summed E-state index contributed by atoms with van der Waals surface area (Å²) in [5.74, 6) is 0. The molecule has 0 N–H and O–H groups in total. The summed E-state index contributed by atoms with van der Waals surface area (Å²) in [5, 5.41) is 4.91. The summed E-state index contributed by atoms with van der Waals surface area (Å²) in [6.07, 6.45) is 0. The summed E-state index contributed by atoms with van der Waals surface area (Å²) < 4.78 is 0. The number of para-hydroxylation sites is 1. The molecule has 0 bridgehead atoms. The Bertz CT molecular complexity index is 3560. The van der Waals surface area contributed by atoms with Gasteiger partial charge in [0.1, 0.15) is 0 Å². The van der Waals surface area contributed by atoms with Crippen molar-refractivity contribution in [3.05, 3.63) is 281 Å². The Hall–Kier alpha value is -8.26. The van der Waals surface area contributed by atoms with E-state index in [1.165, 1.54) is 122 Å². The van der Waals surface area contributed by atoms with Gasteiger partial charge in [0.25, 0.3) is 0 Å². The van der Waals surface area contributed by atoms with Crippen LogP contribution in [0.15, 0.2) is 242 Å². The number of fused-ring (bicyclic) bond motifs is 5. The Morgan fingerprint density at radius 3 is 1.42 bits per heavy atom. The molecule has 0 aliphatic heterocycles. The number of hydrogen-bond donors (Lipinski definition) is 0. The van der Waals surface area contributed by atoms with Gasteiger partial charge in [-0.15, -0.1) is 0 Å². The molecule has 2 aliphatic carbocycles. The van der Waals surface area contributed by atoms with Gasteiger partial charge in [0, 0.05) is 29.4 Å². The van der Waals surface area contributed by atoms with Crippen molar-refractivity contribution in [3.63, 3.8) is 0 Å². The van der Waals surface area contributed by atoms with Crippen LogP contribution in [-0.2, 0) is 0 Å². The quantitative estimate of drug-likeness (QED) is 0.147. The zero-order valence-corrected chi connectivity index (χ0v) is 36.5. The number of rotatable bonds is 8. The minimum atomic E-state index is 1.13. The van der Waals surface area contributed by atoms with E-state index < -0.39 is 0 Å². The van der Waals surface area contributed by atoms with Crippen LogP contribution >= 0.6 is 0 Å². The maximum Gasteiger partial charge on any atom is 0.0580 e. The van der Waals surface area contributed by atoms with Gasteiger partial charge in [-0.05, 0) is 125 Å². The fourth-order valence-electron chi connectivity index (χ4n) is 10.8. The van der Waals surface area contributed by atoms with Crippen LogP contribution in [0, 0.1) is 6.92 Å². The van der Waals surface area contributed by atoms with Gasteiger partial charge in [-0.1, -0.05) is 218 Å². The predicted octanol–water partition coefficient (Wildman–Crippen LogP) is 16.8. The van der Waals surface area contributed by atoms with E-state index >= 15 is 0 Å². The van der Waals surface area contributed by atoms with Crippen LogP contribution in [-0.4, -0.2) is 7.05 Å². The van der Waals surface area contributed by atoms with Crippen LogP contribution in [0.25, 0.3) is 71.7 Å². The normalized spacial score (nSPS) is 13.2. The van der Waals surface area contributed by atoms with E-state index in [2.05, 4.69) is 255 Å². The van der Waals surface area contributed by atoms with Gasteiger partial charge in [0.15, 0.2) is 0 Å². The number of nitrogens with zero attached hydrogens (tertiary/aromatic N) is 1.